The molecule has 0 aliphatic rings. The Hall–Kier alpha value is -2.01. The molecule has 0 saturated heterocycles. The van der Waals surface area contributed by atoms with Crippen LogP contribution in [0.5, 0.6) is 0 Å². The van der Waals surface area contributed by atoms with Gasteiger partial charge in [0.2, 0.25) is 10.0 Å². The first-order valence-electron chi connectivity index (χ1n) is 7.37. The minimum Gasteiger partial charge on any atom is -0.468 e. The van der Waals surface area contributed by atoms with Crippen LogP contribution in [-0.4, -0.2) is 23.4 Å². The van der Waals surface area contributed by atoms with Crippen molar-refractivity contribution in [2.24, 2.45) is 0 Å². The number of benzene rings is 1. The number of sulfonamides is 1. The number of sulfone groups is 1. The molecule has 138 valence electrons. The molecule has 3 rings (SSSR count). The molecule has 0 unspecified atom stereocenters. The molecule has 2 heterocycles. The van der Waals surface area contributed by atoms with Crippen LogP contribution < -0.4 is 4.72 Å². The van der Waals surface area contributed by atoms with E-state index >= 15 is 0 Å². The van der Waals surface area contributed by atoms with Gasteiger partial charge in [-0.25, -0.2) is 25.9 Å². The van der Waals surface area contributed by atoms with Gasteiger partial charge < -0.3 is 4.42 Å². The van der Waals surface area contributed by atoms with Gasteiger partial charge in [-0.15, -0.1) is 11.3 Å². The van der Waals surface area contributed by atoms with Crippen molar-refractivity contribution in [3.8, 4) is 0 Å². The molecule has 1 aromatic carbocycles. The van der Waals surface area contributed by atoms with E-state index in [9.17, 15) is 21.2 Å². The zero-order valence-corrected chi connectivity index (χ0v) is 15.7. The summed E-state index contributed by atoms with van der Waals surface area (Å²) < 4.78 is 71.0. The molecule has 6 nitrogen and oxygen atoms in total. The van der Waals surface area contributed by atoms with Gasteiger partial charge in [0.15, 0.2) is 9.84 Å². The summed E-state index contributed by atoms with van der Waals surface area (Å²) in [7, 11) is -7.87. The maximum Gasteiger partial charge on any atom is 0.240 e. The fourth-order valence-electron chi connectivity index (χ4n) is 2.29. The fourth-order valence-corrected chi connectivity index (χ4v) is 6.23. The van der Waals surface area contributed by atoms with Crippen LogP contribution >= 0.6 is 11.3 Å². The summed E-state index contributed by atoms with van der Waals surface area (Å²) >= 11 is 1.04. The quantitative estimate of drug-likeness (QED) is 0.640. The average molecular weight is 415 g/mol. The summed E-state index contributed by atoms with van der Waals surface area (Å²) in [6.07, 6.45) is 1.32. The summed E-state index contributed by atoms with van der Waals surface area (Å²) in [5, 5.41) is 0.390. The van der Waals surface area contributed by atoms with E-state index in [0.29, 0.717) is 0 Å². The number of nitrogens with one attached hydrogen (secondary N) is 1. The van der Waals surface area contributed by atoms with Gasteiger partial charge in [0.05, 0.1) is 11.2 Å². The van der Waals surface area contributed by atoms with E-state index in [2.05, 4.69) is 4.72 Å². The third kappa shape index (κ3) is 3.88. The smallest absolute Gasteiger partial charge is 0.240 e. The van der Waals surface area contributed by atoms with Crippen molar-refractivity contribution >= 4 is 31.2 Å². The lowest BCUT2D eigenvalue weighted by Gasteiger charge is -2.15. The molecule has 0 bridgehead atoms. The van der Waals surface area contributed by atoms with Gasteiger partial charge in [-0.3, -0.25) is 0 Å². The lowest BCUT2D eigenvalue weighted by molar-refractivity contribution is 0.487. The standard InChI is InChI=1S/C16H14FNO5S3/c17-12-5-7-13(8-6-12)26(21,22)18-11-15(14-3-1-9-23-14)25(19,20)16-4-2-10-24-16/h1-10,15,18H,11H2/t15-/m1/s1. The second kappa shape index (κ2) is 7.31. The van der Waals surface area contributed by atoms with Crippen molar-refractivity contribution in [3.63, 3.8) is 0 Å². The molecule has 0 spiro atoms. The molecule has 0 aliphatic carbocycles. The first-order valence-corrected chi connectivity index (χ1v) is 11.3. The van der Waals surface area contributed by atoms with Crippen molar-refractivity contribution in [2.45, 2.75) is 14.4 Å². The van der Waals surface area contributed by atoms with Gasteiger partial charge in [0.25, 0.3) is 0 Å². The molecule has 0 aliphatic heterocycles. The van der Waals surface area contributed by atoms with Crippen molar-refractivity contribution in [3.05, 3.63) is 71.8 Å². The number of hydrogen-bond acceptors (Lipinski definition) is 6. The highest BCUT2D eigenvalue weighted by Crippen LogP contribution is 2.31. The first-order chi connectivity index (χ1) is 12.3. The Morgan fingerprint density at radius 1 is 1.04 bits per heavy atom. The summed E-state index contributed by atoms with van der Waals surface area (Å²) in [5.74, 6) is -0.446. The van der Waals surface area contributed by atoms with Gasteiger partial charge in [-0.2, -0.15) is 0 Å². The minimum absolute atomic E-state index is 0.111. The predicted octanol–water partition coefficient (Wildman–Crippen LogP) is 2.97. The fraction of sp³-hybridized carbons (Fsp3) is 0.125. The van der Waals surface area contributed by atoms with Gasteiger partial charge in [-0.1, -0.05) is 6.07 Å². The molecule has 2 aromatic heterocycles. The maximum atomic E-state index is 13.0. The third-order valence-electron chi connectivity index (χ3n) is 3.59. The molecule has 0 radical (unpaired) electrons. The Morgan fingerprint density at radius 3 is 2.35 bits per heavy atom. The zero-order chi connectivity index (χ0) is 18.8. The first kappa shape index (κ1) is 18.8. The number of halogens is 1. The Kier molecular flexibility index (Phi) is 5.28. The van der Waals surface area contributed by atoms with Gasteiger partial charge in [-0.05, 0) is 47.8 Å². The van der Waals surface area contributed by atoms with E-state index < -0.39 is 37.5 Å². The summed E-state index contributed by atoms with van der Waals surface area (Å²) in [6, 6.07) is 10.3. The second-order valence-electron chi connectivity index (χ2n) is 5.29. The Balaban J connectivity index is 1.89. The van der Waals surface area contributed by atoms with Gasteiger partial charge in [0, 0.05) is 6.54 Å². The van der Waals surface area contributed by atoms with Crippen LogP contribution in [0.1, 0.15) is 11.0 Å². The van der Waals surface area contributed by atoms with Crippen molar-refractivity contribution < 1.29 is 25.6 Å². The second-order valence-corrected chi connectivity index (χ2v) is 10.4. The largest absolute Gasteiger partial charge is 0.468 e. The lowest BCUT2D eigenvalue weighted by atomic mass is 10.3. The lowest BCUT2D eigenvalue weighted by Crippen LogP contribution is -2.31. The van der Waals surface area contributed by atoms with Crippen molar-refractivity contribution in [1.29, 1.82) is 0 Å². The van der Waals surface area contributed by atoms with E-state index in [1.54, 1.807) is 11.4 Å². The SMILES string of the molecule is O=S(=O)(NC[C@H](c1ccco1)S(=O)(=O)c1cccs1)c1ccc(F)cc1. The molecule has 0 fully saturated rings. The molecule has 3 aromatic rings. The molecular formula is C16H14FNO5S3. The molecule has 0 amide bonds. The normalized spacial score (nSPS) is 13.6. The number of furan rings is 1. The molecule has 0 saturated carbocycles. The third-order valence-corrected chi connectivity index (χ3v) is 8.52. The molecular weight excluding hydrogens is 401 g/mol. The van der Waals surface area contributed by atoms with E-state index in [1.807, 2.05) is 0 Å². The van der Waals surface area contributed by atoms with E-state index in [1.165, 1.54) is 24.5 Å². The van der Waals surface area contributed by atoms with Crippen LogP contribution in [0.15, 0.2) is 73.7 Å². The summed E-state index contributed by atoms with van der Waals surface area (Å²) in [6.45, 7) is -0.423. The average Bonchev–Trinajstić information content (AvgIpc) is 3.29. The van der Waals surface area contributed by atoms with Crippen LogP contribution in [0.4, 0.5) is 4.39 Å². The van der Waals surface area contributed by atoms with Gasteiger partial charge in [0.1, 0.15) is 21.0 Å². The highest BCUT2D eigenvalue weighted by Gasteiger charge is 2.33. The number of thiophene rings is 1. The highest BCUT2D eigenvalue weighted by molar-refractivity contribution is 7.93. The maximum absolute atomic E-state index is 13.0. The molecule has 1 N–H and O–H groups in total. The van der Waals surface area contributed by atoms with Crippen LogP contribution in [0, 0.1) is 5.82 Å². The molecule has 10 heteroatoms. The van der Waals surface area contributed by atoms with E-state index in [-0.39, 0.29) is 14.9 Å². The van der Waals surface area contributed by atoms with Crippen molar-refractivity contribution in [2.75, 3.05) is 6.54 Å². The van der Waals surface area contributed by atoms with E-state index in [0.717, 1.165) is 35.6 Å². The number of hydrogen-bond donors (Lipinski definition) is 1. The zero-order valence-electron chi connectivity index (χ0n) is 13.2. The van der Waals surface area contributed by atoms with Crippen LogP contribution in [-0.2, 0) is 19.9 Å². The Labute approximate surface area is 154 Å². The van der Waals surface area contributed by atoms with Crippen LogP contribution in [0.25, 0.3) is 0 Å². The molecule has 26 heavy (non-hydrogen) atoms. The van der Waals surface area contributed by atoms with Gasteiger partial charge >= 0.3 is 0 Å². The molecule has 1 atom stereocenters. The number of rotatable bonds is 7. The minimum atomic E-state index is -4.01. The Morgan fingerprint density at radius 2 is 1.77 bits per heavy atom. The van der Waals surface area contributed by atoms with Crippen LogP contribution in [0.2, 0.25) is 0 Å². The monoisotopic (exact) mass is 415 g/mol. The Bertz CT molecular complexity index is 1060. The topological polar surface area (TPSA) is 93.4 Å². The summed E-state index contributed by atoms with van der Waals surface area (Å²) in [4.78, 5) is -0.161. The van der Waals surface area contributed by atoms with E-state index in [4.69, 9.17) is 4.42 Å². The highest BCUT2D eigenvalue weighted by atomic mass is 32.2. The summed E-state index contributed by atoms with van der Waals surface area (Å²) in [5.41, 5.74) is 0. The van der Waals surface area contributed by atoms with Crippen molar-refractivity contribution in [1.82, 2.24) is 4.72 Å². The predicted molar refractivity (Wildman–Crippen MR) is 94.5 cm³/mol. The van der Waals surface area contributed by atoms with Crippen LogP contribution in [0.3, 0.4) is 0 Å².